The van der Waals surface area contributed by atoms with Crippen LogP contribution in [0.4, 0.5) is 4.39 Å². The van der Waals surface area contributed by atoms with Crippen molar-refractivity contribution in [3.63, 3.8) is 0 Å². The fourth-order valence-electron chi connectivity index (χ4n) is 2.03. The Labute approximate surface area is 123 Å². The van der Waals surface area contributed by atoms with E-state index < -0.39 is 10.0 Å². The van der Waals surface area contributed by atoms with Crippen molar-refractivity contribution in [2.24, 2.45) is 5.73 Å². The fraction of sp³-hybridized carbons (Fsp3) is 0.200. The van der Waals surface area contributed by atoms with Crippen molar-refractivity contribution in [3.8, 4) is 0 Å². The van der Waals surface area contributed by atoms with Crippen LogP contribution in [0, 0.1) is 5.82 Å². The van der Waals surface area contributed by atoms with Crippen LogP contribution in [-0.2, 0) is 23.0 Å². The largest absolute Gasteiger partial charge is 0.326 e. The molecule has 0 radical (unpaired) electrons. The minimum absolute atomic E-state index is 0.127. The van der Waals surface area contributed by atoms with E-state index in [1.165, 1.54) is 12.1 Å². The Morgan fingerprint density at radius 1 is 1.00 bits per heavy atom. The molecule has 0 amide bonds. The molecule has 0 fully saturated rings. The summed E-state index contributed by atoms with van der Waals surface area (Å²) in [5, 5.41) is 0. The summed E-state index contributed by atoms with van der Waals surface area (Å²) in [6.07, 6.45) is 0.288. The maximum Gasteiger partial charge on any atom is 0.240 e. The summed E-state index contributed by atoms with van der Waals surface area (Å²) in [5.74, 6) is -0.334. The molecule has 2 rings (SSSR count). The van der Waals surface area contributed by atoms with Crippen molar-refractivity contribution in [2.75, 3.05) is 6.54 Å². The number of nitrogens with one attached hydrogen (secondary N) is 1. The second-order valence-electron chi connectivity index (χ2n) is 4.55. The molecular weight excluding hydrogens is 291 g/mol. The lowest BCUT2D eigenvalue weighted by molar-refractivity contribution is 0.576. The molecule has 2 aromatic carbocycles. The third-order valence-electron chi connectivity index (χ3n) is 3.13. The maximum atomic E-state index is 13.5. The molecule has 21 heavy (non-hydrogen) atoms. The van der Waals surface area contributed by atoms with Gasteiger partial charge in [0.25, 0.3) is 0 Å². The van der Waals surface area contributed by atoms with Gasteiger partial charge in [-0.1, -0.05) is 36.4 Å². The molecular formula is C15H17FN2O2S. The van der Waals surface area contributed by atoms with E-state index in [1.54, 1.807) is 36.4 Å². The van der Waals surface area contributed by atoms with Crippen molar-refractivity contribution in [3.05, 3.63) is 65.5 Å². The Morgan fingerprint density at radius 2 is 1.62 bits per heavy atom. The summed E-state index contributed by atoms with van der Waals surface area (Å²) in [6, 6.07) is 12.9. The van der Waals surface area contributed by atoms with Crippen LogP contribution in [-0.4, -0.2) is 15.0 Å². The van der Waals surface area contributed by atoms with Crippen LogP contribution in [0.15, 0.2) is 53.4 Å². The number of halogens is 1. The van der Waals surface area contributed by atoms with Gasteiger partial charge in [-0.2, -0.15) is 0 Å². The normalized spacial score (nSPS) is 11.5. The van der Waals surface area contributed by atoms with E-state index in [4.69, 9.17) is 5.73 Å². The topological polar surface area (TPSA) is 72.2 Å². The van der Waals surface area contributed by atoms with Crippen LogP contribution in [0.3, 0.4) is 0 Å². The van der Waals surface area contributed by atoms with Gasteiger partial charge in [0, 0.05) is 13.1 Å². The first-order valence-corrected chi connectivity index (χ1v) is 8.04. The minimum atomic E-state index is -3.64. The van der Waals surface area contributed by atoms with Crippen molar-refractivity contribution < 1.29 is 12.8 Å². The average molecular weight is 308 g/mol. The Bertz CT molecular complexity index is 717. The van der Waals surface area contributed by atoms with E-state index in [1.807, 2.05) is 0 Å². The first kappa shape index (κ1) is 15.6. The highest BCUT2D eigenvalue weighted by Crippen LogP contribution is 2.14. The molecule has 3 N–H and O–H groups in total. The number of nitrogens with two attached hydrogens (primary N) is 1. The third-order valence-corrected chi connectivity index (χ3v) is 4.69. The number of hydrogen-bond acceptors (Lipinski definition) is 3. The molecule has 0 heterocycles. The summed E-state index contributed by atoms with van der Waals surface area (Å²) >= 11 is 0. The van der Waals surface area contributed by atoms with Crippen molar-refractivity contribution >= 4 is 10.0 Å². The molecule has 4 nitrogen and oxygen atoms in total. The number of benzene rings is 2. The van der Waals surface area contributed by atoms with Gasteiger partial charge in [0.1, 0.15) is 5.82 Å². The van der Waals surface area contributed by atoms with Gasteiger partial charge in [-0.15, -0.1) is 0 Å². The summed E-state index contributed by atoms with van der Waals surface area (Å²) < 4.78 is 40.4. The predicted molar refractivity (Wildman–Crippen MR) is 79.6 cm³/mol. The first-order chi connectivity index (χ1) is 10.0. The molecule has 112 valence electrons. The zero-order chi connectivity index (χ0) is 15.3. The Kier molecular flexibility index (Phi) is 5.06. The summed E-state index contributed by atoms with van der Waals surface area (Å²) in [7, 11) is -3.64. The lowest BCUT2D eigenvalue weighted by Gasteiger charge is -2.10. The van der Waals surface area contributed by atoms with Crippen LogP contribution < -0.4 is 10.5 Å². The van der Waals surface area contributed by atoms with E-state index in [0.29, 0.717) is 11.1 Å². The van der Waals surface area contributed by atoms with Crippen molar-refractivity contribution in [2.45, 2.75) is 17.9 Å². The first-order valence-electron chi connectivity index (χ1n) is 6.55. The van der Waals surface area contributed by atoms with Gasteiger partial charge in [-0.3, -0.25) is 0 Å². The molecule has 0 atom stereocenters. The van der Waals surface area contributed by atoms with E-state index in [0.717, 1.165) is 0 Å². The maximum absolute atomic E-state index is 13.5. The highest BCUT2D eigenvalue weighted by Gasteiger charge is 2.16. The van der Waals surface area contributed by atoms with Crippen LogP contribution in [0.2, 0.25) is 0 Å². The zero-order valence-electron chi connectivity index (χ0n) is 11.4. The lowest BCUT2D eigenvalue weighted by atomic mass is 10.1. The van der Waals surface area contributed by atoms with Gasteiger partial charge in [0.05, 0.1) is 4.90 Å². The van der Waals surface area contributed by atoms with Gasteiger partial charge in [0.2, 0.25) is 10.0 Å². The van der Waals surface area contributed by atoms with Gasteiger partial charge in [-0.05, 0) is 29.7 Å². The molecule has 0 aliphatic rings. The summed E-state index contributed by atoms with van der Waals surface area (Å²) in [6.45, 7) is 0.270. The molecule has 0 unspecified atom stereocenters. The van der Waals surface area contributed by atoms with Crippen LogP contribution in [0.1, 0.15) is 11.1 Å². The third kappa shape index (κ3) is 3.87. The van der Waals surface area contributed by atoms with Gasteiger partial charge in [-0.25, -0.2) is 17.5 Å². The number of sulfonamides is 1. The van der Waals surface area contributed by atoms with Crippen LogP contribution in [0.25, 0.3) is 0 Å². The Hall–Kier alpha value is -1.76. The number of rotatable bonds is 6. The second kappa shape index (κ2) is 6.80. The Morgan fingerprint density at radius 3 is 2.29 bits per heavy atom. The molecule has 0 aliphatic heterocycles. The molecule has 6 heteroatoms. The quantitative estimate of drug-likeness (QED) is 0.855. The SMILES string of the molecule is NCc1ccccc1S(=O)(=O)NCCc1ccccc1F. The molecule has 0 aliphatic carbocycles. The minimum Gasteiger partial charge on any atom is -0.326 e. The van der Waals surface area contributed by atoms with Gasteiger partial charge < -0.3 is 5.73 Å². The molecule has 2 aromatic rings. The van der Waals surface area contributed by atoms with E-state index >= 15 is 0 Å². The molecule has 0 bridgehead atoms. The van der Waals surface area contributed by atoms with E-state index in [2.05, 4.69) is 4.72 Å². The molecule has 0 aromatic heterocycles. The number of hydrogen-bond donors (Lipinski definition) is 2. The lowest BCUT2D eigenvalue weighted by Crippen LogP contribution is -2.27. The average Bonchev–Trinajstić information content (AvgIpc) is 2.49. The molecule has 0 saturated carbocycles. The van der Waals surface area contributed by atoms with Gasteiger partial charge >= 0.3 is 0 Å². The van der Waals surface area contributed by atoms with E-state index in [9.17, 15) is 12.8 Å². The van der Waals surface area contributed by atoms with Gasteiger partial charge in [0.15, 0.2) is 0 Å². The highest BCUT2D eigenvalue weighted by atomic mass is 32.2. The summed E-state index contributed by atoms with van der Waals surface area (Å²) in [5.41, 5.74) is 6.58. The smallest absolute Gasteiger partial charge is 0.240 e. The van der Waals surface area contributed by atoms with Crippen molar-refractivity contribution in [1.29, 1.82) is 0 Å². The zero-order valence-corrected chi connectivity index (χ0v) is 12.2. The molecule has 0 spiro atoms. The molecule has 0 saturated heterocycles. The van der Waals surface area contributed by atoms with E-state index in [-0.39, 0.29) is 30.2 Å². The Balaban J connectivity index is 2.07. The standard InChI is InChI=1S/C15H17FN2O2S/c16-14-7-3-1-5-12(14)9-10-18-21(19,20)15-8-4-2-6-13(15)11-17/h1-8,18H,9-11,17H2. The monoisotopic (exact) mass is 308 g/mol. The highest BCUT2D eigenvalue weighted by molar-refractivity contribution is 7.89. The second-order valence-corrected chi connectivity index (χ2v) is 6.29. The van der Waals surface area contributed by atoms with Crippen LogP contribution in [0.5, 0.6) is 0 Å². The van der Waals surface area contributed by atoms with Crippen molar-refractivity contribution in [1.82, 2.24) is 4.72 Å². The predicted octanol–water partition coefficient (Wildman–Crippen LogP) is 1.81. The summed E-state index contributed by atoms with van der Waals surface area (Å²) in [4.78, 5) is 0.168. The fourth-order valence-corrected chi connectivity index (χ4v) is 3.31. The van der Waals surface area contributed by atoms with Crippen LogP contribution >= 0.6 is 0 Å².